The fourth-order valence-electron chi connectivity index (χ4n) is 3.23. The lowest BCUT2D eigenvalue weighted by atomic mass is 9.80. The molecular formula is C18H29NO2. The highest BCUT2D eigenvalue weighted by molar-refractivity contribution is 5.20. The molecule has 0 aromatic carbocycles. The second kappa shape index (κ2) is 6.53. The van der Waals surface area contributed by atoms with Crippen LogP contribution < -0.4 is 5.32 Å². The predicted octanol–water partition coefficient (Wildman–Crippen LogP) is 4.18. The first-order valence-corrected chi connectivity index (χ1v) is 8.55. The molecule has 2 aliphatic carbocycles. The van der Waals surface area contributed by atoms with Crippen LogP contribution >= 0.6 is 0 Å². The lowest BCUT2D eigenvalue weighted by Crippen LogP contribution is -2.26. The fraction of sp³-hybridized carbons (Fsp3) is 0.778. The van der Waals surface area contributed by atoms with Crippen molar-refractivity contribution in [1.29, 1.82) is 0 Å². The molecule has 3 atom stereocenters. The lowest BCUT2D eigenvalue weighted by molar-refractivity contribution is -0.0141. The van der Waals surface area contributed by atoms with Crippen LogP contribution in [0.5, 0.6) is 0 Å². The smallest absolute Gasteiger partial charge is 0.130 e. The van der Waals surface area contributed by atoms with E-state index in [1.165, 1.54) is 37.7 Å². The molecule has 3 heteroatoms. The van der Waals surface area contributed by atoms with Crippen molar-refractivity contribution >= 4 is 0 Å². The maximum Gasteiger partial charge on any atom is 0.130 e. The minimum absolute atomic E-state index is 0.412. The minimum atomic E-state index is 0.412. The van der Waals surface area contributed by atoms with Gasteiger partial charge in [-0.3, -0.25) is 0 Å². The normalized spacial score (nSPS) is 29.8. The van der Waals surface area contributed by atoms with Gasteiger partial charge in [0.25, 0.3) is 0 Å². The Morgan fingerprint density at radius 2 is 2.00 bits per heavy atom. The fourth-order valence-corrected chi connectivity index (χ4v) is 3.23. The largest absolute Gasteiger partial charge is 0.464 e. The van der Waals surface area contributed by atoms with E-state index in [4.69, 9.17) is 9.15 Å². The van der Waals surface area contributed by atoms with E-state index in [9.17, 15) is 0 Å². The Balaban J connectivity index is 1.47. The van der Waals surface area contributed by atoms with Crippen LogP contribution in [0, 0.1) is 18.8 Å². The SMILES string of the molecule is Cc1oc(COC2CCC(C)C(C)C2)cc1CNC1CC1. The Hall–Kier alpha value is -0.800. The predicted molar refractivity (Wildman–Crippen MR) is 84.1 cm³/mol. The van der Waals surface area contributed by atoms with Gasteiger partial charge >= 0.3 is 0 Å². The maximum atomic E-state index is 6.08. The van der Waals surface area contributed by atoms with Crippen LogP contribution in [0.15, 0.2) is 10.5 Å². The number of aryl methyl sites for hydroxylation is 1. The van der Waals surface area contributed by atoms with Gasteiger partial charge in [0.1, 0.15) is 18.1 Å². The van der Waals surface area contributed by atoms with E-state index in [0.29, 0.717) is 12.7 Å². The quantitative estimate of drug-likeness (QED) is 0.853. The van der Waals surface area contributed by atoms with Gasteiger partial charge < -0.3 is 14.5 Å². The van der Waals surface area contributed by atoms with Crippen LogP contribution in [0.2, 0.25) is 0 Å². The number of hydrogen-bond donors (Lipinski definition) is 1. The third-order valence-corrected chi connectivity index (χ3v) is 5.24. The molecule has 0 aliphatic heterocycles. The van der Waals surface area contributed by atoms with Crippen molar-refractivity contribution < 1.29 is 9.15 Å². The van der Waals surface area contributed by atoms with E-state index in [1.54, 1.807) is 0 Å². The Morgan fingerprint density at radius 1 is 1.19 bits per heavy atom. The first kappa shape index (κ1) is 15.1. The number of ether oxygens (including phenoxy) is 1. The van der Waals surface area contributed by atoms with Gasteiger partial charge in [0, 0.05) is 18.2 Å². The monoisotopic (exact) mass is 291 g/mol. The van der Waals surface area contributed by atoms with Gasteiger partial charge in [-0.2, -0.15) is 0 Å². The maximum absolute atomic E-state index is 6.08. The molecule has 118 valence electrons. The molecule has 2 fully saturated rings. The van der Waals surface area contributed by atoms with Gasteiger partial charge in [-0.1, -0.05) is 13.8 Å². The molecule has 2 aliphatic rings. The molecular weight excluding hydrogens is 262 g/mol. The summed E-state index contributed by atoms with van der Waals surface area (Å²) in [7, 11) is 0. The Labute approximate surface area is 128 Å². The number of furan rings is 1. The molecule has 0 amide bonds. The van der Waals surface area contributed by atoms with Crippen LogP contribution in [0.4, 0.5) is 0 Å². The van der Waals surface area contributed by atoms with Gasteiger partial charge in [-0.05, 0) is 56.9 Å². The molecule has 3 rings (SSSR count). The van der Waals surface area contributed by atoms with Gasteiger partial charge in [0.05, 0.1) is 6.10 Å². The average molecular weight is 291 g/mol. The minimum Gasteiger partial charge on any atom is -0.464 e. The average Bonchev–Trinajstić information content (AvgIpc) is 3.22. The van der Waals surface area contributed by atoms with Crippen molar-refractivity contribution in [3.8, 4) is 0 Å². The van der Waals surface area contributed by atoms with Crippen LogP contribution in [-0.4, -0.2) is 12.1 Å². The van der Waals surface area contributed by atoms with Gasteiger partial charge in [-0.25, -0.2) is 0 Å². The molecule has 0 saturated heterocycles. The van der Waals surface area contributed by atoms with E-state index >= 15 is 0 Å². The molecule has 21 heavy (non-hydrogen) atoms. The van der Waals surface area contributed by atoms with Crippen LogP contribution in [-0.2, 0) is 17.9 Å². The van der Waals surface area contributed by atoms with Gasteiger partial charge in [0.2, 0.25) is 0 Å². The highest BCUT2D eigenvalue weighted by Gasteiger charge is 2.25. The molecule has 3 unspecified atom stereocenters. The van der Waals surface area contributed by atoms with Crippen molar-refractivity contribution in [1.82, 2.24) is 5.32 Å². The zero-order chi connectivity index (χ0) is 14.8. The summed E-state index contributed by atoms with van der Waals surface area (Å²) in [4.78, 5) is 0. The highest BCUT2D eigenvalue weighted by Crippen LogP contribution is 2.31. The third kappa shape index (κ3) is 4.10. The molecule has 1 heterocycles. The Bertz CT molecular complexity index is 464. The molecule has 0 radical (unpaired) electrons. The van der Waals surface area contributed by atoms with Crippen molar-refractivity contribution in [3.63, 3.8) is 0 Å². The number of rotatable bonds is 6. The van der Waals surface area contributed by atoms with Gasteiger partial charge in [0.15, 0.2) is 0 Å². The van der Waals surface area contributed by atoms with E-state index in [-0.39, 0.29) is 0 Å². The topological polar surface area (TPSA) is 34.4 Å². The molecule has 1 aromatic rings. The summed E-state index contributed by atoms with van der Waals surface area (Å²) < 4.78 is 11.9. The van der Waals surface area contributed by atoms with E-state index < -0.39 is 0 Å². The standard InChI is InChI=1S/C18H29NO2/c1-12-4-7-17(8-13(12)2)20-11-18-9-15(14(3)21-18)10-19-16-5-6-16/h9,12-13,16-17,19H,4-8,10-11H2,1-3H3. The Morgan fingerprint density at radius 3 is 2.71 bits per heavy atom. The summed E-state index contributed by atoms with van der Waals surface area (Å²) in [6, 6.07) is 2.91. The van der Waals surface area contributed by atoms with Crippen LogP contribution in [0.3, 0.4) is 0 Å². The van der Waals surface area contributed by atoms with E-state index in [1.807, 2.05) is 0 Å². The second-order valence-electron chi connectivity index (χ2n) is 7.15. The zero-order valence-corrected chi connectivity index (χ0v) is 13.7. The van der Waals surface area contributed by atoms with Crippen molar-refractivity contribution in [3.05, 3.63) is 23.2 Å². The third-order valence-electron chi connectivity index (χ3n) is 5.24. The molecule has 0 bridgehead atoms. The van der Waals surface area contributed by atoms with E-state index in [0.717, 1.165) is 35.9 Å². The second-order valence-corrected chi connectivity index (χ2v) is 7.15. The zero-order valence-electron chi connectivity index (χ0n) is 13.7. The summed E-state index contributed by atoms with van der Waals surface area (Å²) in [5.74, 6) is 3.63. The summed E-state index contributed by atoms with van der Waals surface area (Å²) in [5.41, 5.74) is 1.28. The van der Waals surface area contributed by atoms with Crippen LogP contribution in [0.25, 0.3) is 0 Å². The molecule has 0 spiro atoms. The summed E-state index contributed by atoms with van der Waals surface area (Å²) in [5, 5.41) is 3.54. The van der Waals surface area contributed by atoms with Crippen LogP contribution in [0.1, 0.15) is 63.0 Å². The van der Waals surface area contributed by atoms with Crippen molar-refractivity contribution in [2.45, 2.75) is 78.2 Å². The summed E-state index contributed by atoms with van der Waals surface area (Å²) >= 11 is 0. The number of hydrogen-bond acceptors (Lipinski definition) is 3. The Kier molecular flexibility index (Phi) is 4.70. The molecule has 3 nitrogen and oxygen atoms in total. The first-order chi connectivity index (χ1) is 10.1. The lowest BCUT2D eigenvalue weighted by Gasteiger charge is -2.31. The highest BCUT2D eigenvalue weighted by atomic mass is 16.5. The van der Waals surface area contributed by atoms with Crippen molar-refractivity contribution in [2.24, 2.45) is 11.8 Å². The first-order valence-electron chi connectivity index (χ1n) is 8.55. The molecule has 1 aromatic heterocycles. The summed E-state index contributed by atoms with van der Waals surface area (Å²) in [6.45, 7) is 8.31. The molecule has 1 N–H and O–H groups in total. The number of nitrogens with one attached hydrogen (secondary N) is 1. The molecule has 2 saturated carbocycles. The van der Waals surface area contributed by atoms with Gasteiger partial charge in [-0.15, -0.1) is 0 Å². The van der Waals surface area contributed by atoms with E-state index in [2.05, 4.69) is 32.2 Å². The van der Waals surface area contributed by atoms with Crippen molar-refractivity contribution in [2.75, 3.05) is 0 Å². The summed E-state index contributed by atoms with van der Waals surface area (Å²) in [6.07, 6.45) is 6.74.